The number of nitrogens with one attached hydrogen (secondary N) is 1. The van der Waals surface area contributed by atoms with E-state index in [9.17, 15) is 9.90 Å². The van der Waals surface area contributed by atoms with Crippen molar-refractivity contribution in [3.8, 4) is 0 Å². The highest BCUT2D eigenvalue weighted by molar-refractivity contribution is 5.91. The van der Waals surface area contributed by atoms with E-state index < -0.39 is 0 Å². The average Bonchev–Trinajstić information content (AvgIpc) is 2.48. The van der Waals surface area contributed by atoms with Gasteiger partial charge in [0, 0.05) is 18.0 Å². The summed E-state index contributed by atoms with van der Waals surface area (Å²) in [6, 6.07) is 8.00. The van der Waals surface area contributed by atoms with Gasteiger partial charge in [-0.05, 0) is 31.4 Å². The molecular weight excluding hydrogens is 250 g/mol. The maximum Gasteiger partial charge on any atom is 0.244 e. The zero-order valence-electron chi connectivity index (χ0n) is 12.6. The summed E-state index contributed by atoms with van der Waals surface area (Å²) in [4.78, 5) is 11.8. The highest BCUT2D eigenvalue weighted by Crippen LogP contribution is 2.24. The van der Waals surface area contributed by atoms with Gasteiger partial charge in [-0.3, -0.25) is 4.79 Å². The molecule has 0 saturated heterocycles. The van der Waals surface area contributed by atoms with Crippen molar-refractivity contribution in [3.63, 3.8) is 0 Å². The molecule has 0 spiro atoms. The van der Waals surface area contributed by atoms with E-state index in [1.54, 1.807) is 6.08 Å². The fraction of sp³-hybridized carbons (Fsp3) is 0.471. The predicted molar refractivity (Wildman–Crippen MR) is 83.3 cm³/mol. The van der Waals surface area contributed by atoms with Crippen molar-refractivity contribution in [2.24, 2.45) is 5.41 Å². The molecule has 0 aliphatic rings. The molecule has 1 amide bonds. The average molecular weight is 275 g/mol. The highest BCUT2D eigenvalue weighted by Gasteiger charge is 2.25. The zero-order valence-corrected chi connectivity index (χ0v) is 12.6. The van der Waals surface area contributed by atoms with Crippen LogP contribution in [0.2, 0.25) is 0 Å². The summed E-state index contributed by atoms with van der Waals surface area (Å²) in [5.41, 5.74) is 2.00. The Morgan fingerprint density at radius 1 is 1.25 bits per heavy atom. The third kappa shape index (κ3) is 4.82. The molecule has 3 nitrogen and oxygen atoms in total. The summed E-state index contributed by atoms with van der Waals surface area (Å²) in [5, 5.41) is 12.3. The number of benzene rings is 1. The predicted octanol–water partition coefficient (Wildman–Crippen LogP) is 2.92. The van der Waals surface area contributed by atoms with Gasteiger partial charge in [0.2, 0.25) is 5.91 Å². The molecule has 0 aromatic heterocycles. The molecule has 110 valence electrons. The molecule has 0 bridgehead atoms. The van der Waals surface area contributed by atoms with Gasteiger partial charge >= 0.3 is 0 Å². The van der Waals surface area contributed by atoms with E-state index in [1.165, 1.54) is 11.6 Å². The normalized spacial score (nSPS) is 11.8. The molecule has 1 rings (SSSR count). The van der Waals surface area contributed by atoms with Crippen molar-refractivity contribution in [1.29, 1.82) is 0 Å². The Morgan fingerprint density at radius 2 is 1.85 bits per heavy atom. The van der Waals surface area contributed by atoms with E-state index in [1.807, 2.05) is 45.0 Å². The van der Waals surface area contributed by atoms with Crippen LogP contribution in [0.5, 0.6) is 0 Å². The van der Waals surface area contributed by atoms with Gasteiger partial charge < -0.3 is 10.4 Å². The topological polar surface area (TPSA) is 49.3 Å². The molecule has 0 radical (unpaired) electrons. The van der Waals surface area contributed by atoms with Gasteiger partial charge in [0.05, 0.1) is 6.61 Å². The number of hydrogen-bond donors (Lipinski definition) is 2. The Labute approximate surface area is 121 Å². The van der Waals surface area contributed by atoms with Crippen LogP contribution in [0.3, 0.4) is 0 Å². The van der Waals surface area contributed by atoms with Crippen molar-refractivity contribution in [3.05, 3.63) is 41.5 Å². The summed E-state index contributed by atoms with van der Waals surface area (Å²) in [7, 11) is 0. The second-order valence-electron chi connectivity index (χ2n) is 5.33. The van der Waals surface area contributed by atoms with Crippen LogP contribution in [-0.4, -0.2) is 24.2 Å². The number of aryl methyl sites for hydroxylation is 1. The number of carbonyl (C=O) groups excluding carboxylic acids is 1. The third-order valence-corrected chi connectivity index (χ3v) is 3.98. The Balaban J connectivity index is 2.53. The fourth-order valence-corrected chi connectivity index (χ4v) is 1.96. The minimum Gasteiger partial charge on any atom is -0.396 e. The first-order chi connectivity index (χ1) is 9.55. The second-order valence-corrected chi connectivity index (χ2v) is 5.33. The lowest BCUT2D eigenvalue weighted by Crippen LogP contribution is -2.38. The zero-order chi connectivity index (χ0) is 15.0. The fourth-order valence-electron chi connectivity index (χ4n) is 1.96. The first-order valence-corrected chi connectivity index (χ1v) is 7.18. The number of carbonyl (C=O) groups is 1. The van der Waals surface area contributed by atoms with Crippen LogP contribution in [-0.2, 0) is 4.79 Å². The molecule has 0 heterocycles. The van der Waals surface area contributed by atoms with Crippen molar-refractivity contribution >= 4 is 12.0 Å². The van der Waals surface area contributed by atoms with Crippen molar-refractivity contribution in [1.82, 2.24) is 5.32 Å². The highest BCUT2D eigenvalue weighted by atomic mass is 16.3. The van der Waals surface area contributed by atoms with E-state index >= 15 is 0 Å². The number of aliphatic hydroxyl groups excluding tert-OH is 1. The monoisotopic (exact) mass is 275 g/mol. The molecule has 3 heteroatoms. The molecule has 0 aliphatic carbocycles. The lowest BCUT2D eigenvalue weighted by Gasteiger charge is -2.29. The van der Waals surface area contributed by atoms with Crippen molar-refractivity contribution in [2.45, 2.75) is 33.6 Å². The minimum absolute atomic E-state index is 0.0992. The summed E-state index contributed by atoms with van der Waals surface area (Å²) in [6.07, 6.45) is 5.04. The first-order valence-electron chi connectivity index (χ1n) is 7.18. The van der Waals surface area contributed by atoms with Crippen molar-refractivity contribution < 1.29 is 9.90 Å². The van der Waals surface area contributed by atoms with Gasteiger partial charge in [-0.25, -0.2) is 0 Å². The molecule has 0 aliphatic heterocycles. The minimum atomic E-state index is -0.201. The Bertz CT molecular complexity index is 436. The molecular formula is C17H25NO2. The van der Waals surface area contributed by atoms with E-state index in [0.717, 1.165) is 18.4 Å². The Morgan fingerprint density at radius 3 is 2.35 bits per heavy atom. The van der Waals surface area contributed by atoms with Crippen LogP contribution in [0.15, 0.2) is 30.3 Å². The van der Waals surface area contributed by atoms with Crippen molar-refractivity contribution in [2.75, 3.05) is 13.2 Å². The lowest BCUT2D eigenvalue weighted by atomic mass is 9.83. The molecule has 0 unspecified atom stereocenters. The SMILES string of the molecule is CCC(CC)(CO)CNC(=O)/C=C/c1ccc(C)cc1. The number of hydrogen-bond acceptors (Lipinski definition) is 2. The maximum absolute atomic E-state index is 11.8. The summed E-state index contributed by atoms with van der Waals surface area (Å²) in [6.45, 7) is 6.71. The van der Waals surface area contributed by atoms with Gasteiger partial charge in [0.1, 0.15) is 0 Å². The smallest absolute Gasteiger partial charge is 0.244 e. The van der Waals surface area contributed by atoms with Crippen LogP contribution in [0.1, 0.15) is 37.8 Å². The molecule has 2 N–H and O–H groups in total. The van der Waals surface area contributed by atoms with Gasteiger partial charge in [-0.1, -0.05) is 43.7 Å². The second kappa shape index (κ2) is 7.85. The number of aliphatic hydroxyl groups is 1. The van der Waals surface area contributed by atoms with Gasteiger partial charge in [-0.15, -0.1) is 0 Å². The van der Waals surface area contributed by atoms with E-state index in [2.05, 4.69) is 5.32 Å². The maximum atomic E-state index is 11.8. The van der Waals surface area contributed by atoms with Crippen LogP contribution in [0, 0.1) is 12.3 Å². The van der Waals surface area contributed by atoms with Gasteiger partial charge in [0.25, 0.3) is 0 Å². The van der Waals surface area contributed by atoms with E-state index in [4.69, 9.17) is 0 Å². The summed E-state index contributed by atoms with van der Waals surface area (Å²) in [5.74, 6) is -0.120. The quantitative estimate of drug-likeness (QED) is 0.752. The molecule has 20 heavy (non-hydrogen) atoms. The third-order valence-electron chi connectivity index (χ3n) is 3.98. The van der Waals surface area contributed by atoms with Crippen LogP contribution in [0.4, 0.5) is 0 Å². The van der Waals surface area contributed by atoms with E-state index in [-0.39, 0.29) is 17.9 Å². The van der Waals surface area contributed by atoms with Crippen LogP contribution >= 0.6 is 0 Å². The van der Waals surface area contributed by atoms with Gasteiger partial charge in [-0.2, -0.15) is 0 Å². The van der Waals surface area contributed by atoms with Gasteiger partial charge in [0.15, 0.2) is 0 Å². The standard InChI is InChI=1S/C17H25NO2/c1-4-17(5-2,13-19)12-18-16(20)11-10-15-8-6-14(3)7-9-15/h6-11,19H,4-5,12-13H2,1-3H3,(H,18,20)/b11-10+. The van der Waals surface area contributed by atoms with Crippen LogP contribution < -0.4 is 5.32 Å². The lowest BCUT2D eigenvalue weighted by molar-refractivity contribution is -0.117. The van der Waals surface area contributed by atoms with E-state index in [0.29, 0.717) is 6.54 Å². The molecule has 1 aromatic carbocycles. The van der Waals surface area contributed by atoms with Crippen LogP contribution in [0.25, 0.3) is 6.08 Å². The Kier molecular flexibility index (Phi) is 6.46. The number of rotatable bonds is 7. The molecule has 0 saturated carbocycles. The molecule has 0 fully saturated rings. The summed E-state index contributed by atoms with van der Waals surface area (Å²) < 4.78 is 0. The largest absolute Gasteiger partial charge is 0.396 e. The first kappa shape index (κ1) is 16.4. The molecule has 0 atom stereocenters. The summed E-state index contributed by atoms with van der Waals surface area (Å²) >= 11 is 0. The molecule has 1 aromatic rings. The Hall–Kier alpha value is -1.61. The number of amides is 1.